The summed E-state index contributed by atoms with van der Waals surface area (Å²) in [7, 11) is 2.02. The van der Waals surface area contributed by atoms with Gasteiger partial charge in [-0.1, -0.05) is 29.3 Å². The Morgan fingerprint density at radius 1 is 1.29 bits per heavy atom. The molecular weight excluding hydrogens is 496 g/mol. The smallest absolute Gasteiger partial charge is 0.248 e. The summed E-state index contributed by atoms with van der Waals surface area (Å²) < 4.78 is 20.5. The Labute approximate surface area is 211 Å². The van der Waals surface area contributed by atoms with Crippen LogP contribution in [0.3, 0.4) is 0 Å². The van der Waals surface area contributed by atoms with Gasteiger partial charge in [0.2, 0.25) is 5.91 Å². The third kappa shape index (κ3) is 5.65. The highest BCUT2D eigenvalue weighted by Gasteiger charge is 2.20. The van der Waals surface area contributed by atoms with Crippen LogP contribution in [0.4, 0.5) is 21.6 Å². The lowest BCUT2D eigenvalue weighted by Crippen LogP contribution is -2.23. The molecule has 2 heterocycles. The van der Waals surface area contributed by atoms with E-state index in [1.807, 2.05) is 13.1 Å². The highest BCUT2D eigenvalue weighted by atomic mass is 35.5. The van der Waals surface area contributed by atoms with Crippen LogP contribution in [0.2, 0.25) is 10.0 Å². The molecule has 0 unspecified atom stereocenters. The van der Waals surface area contributed by atoms with Gasteiger partial charge in [-0.25, -0.2) is 14.4 Å². The van der Waals surface area contributed by atoms with Gasteiger partial charge in [0.15, 0.2) is 11.6 Å². The van der Waals surface area contributed by atoms with E-state index in [4.69, 9.17) is 27.9 Å². The summed E-state index contributed by atoms with van der Waals surface area (Å²) in [4.78, 5) is 23.4. The zero-order valence-electron chi connectivity index (χ0n) is 18.9. The molecule has 0 radical (unpaired) electrons. The van der Waals surface area contributed by atoms with Crippen molar-refractivity contribution >= 4 is 57.2 Å². The van der Waals surface area contributed by atoms with Crippen LogP contribution >= 0.6 is 23.2 Å². The fourth-order valence-electron chi connectivity index (χ4n) is 3.91. The molecule has 4 rings (SSSR count). The fourth-order valence-corrected chi connectivity index (χ4v) is 4.23. The van der Waals surface area contributed by atoms with Gasteiger partial charge in [-0.3, -0.25) is 9.69 Å². The number of ether oxygens (including phenoxy) is 1. The number of carbonyl (C=O) groups is 1. The maximum Gasteiger partial charge on any atom is 0.248 e. The van der Waals surface area contributed by atoms with Gasteiger partial charge in [0.25, 0.3) is 0 Å². The van der Waals surface area contributed by atoms with E-state index < -0.39 is 5.82 Å². The molecule has 0 spiro atoms. The van der Waals surface area contributed by atoms with E-state index in [1.54, 1.807) is 12.1 Å². The maximum absolute atomic E-state index is 14.7. The van der Waals surface area contributed by atoms with Crippen molar-refractivity contribution in [2.24, 2.45) is 0 Å². The molecule has 2 aromatic carbocycles. The molecule has 1 aliphatic rings. The summed E-state index contributed by atoms with van der Waals surface area (Å²) in [5.74, 6) is -0.616. The molecule has 1 amide bonds. The average molecular weight is 520 g/mol. The van der Waals surface area contributed by atoms with Gasteiger partial charge in [0.05, 0.1) is 38.9 Å². The highest BCUT2D eigenvalue weighted by Crippen LogP contribution is 2.39. The number of likely N-dealkylation sites (N-methyl/N-ethyl adjacent to an activating group) is 1. The minimum atomic E-state index is -0.741. The minimum absolute atomic E-state index is 0.0415. The molecule has 1 atom stereocenters. The Morgan fingerprint density at radius 2 is 2.09 bits per heavy atom. The second kappa shape index (κ2) is 11.2. The number of hydrogen-bond acceptors (Lipinski definition) is 7. The van der Waals surface area contributed by atoms with E-state index in [2.05, 4.69) is 25.5 Å². The topological polar surface area (TPSA) is 99.6 Å². The van der Waals surface area contributed by atoms with Crippen molar-refractivity contribution in [2.75, 3.05) is 37.4 Å². The van der Waals surface area contributed by atoms with Crippen LogP contribution in [-0.4, -0.2) is 58.7 Å². The number of carbonyl (C=O) groups excluding carboxylic acids is 1. The molecule has 11 heteroatoms. The first kappa shape index (κ1) is 25.1. The van der Waals surface area contributed by atoms with Crippen molar-refractivity contribution in [2.45, 2.75) is 18.9 Å². The van der Waals surface area contributed by atoms with Crippen LogP contribution in [0.1, 0.15) is 12.8 Å². The van der Waals surface area contributed by atoms with E-state index in [1.165, 1.54) is 24.5 Å². The van der Waals surface area contributed by atoms with Crippen LogP contribution in [0.15, 0.2) is 42.7 Å². The summed E-state index contributed by atoms with van der Waals surface area (Å²) in [6, 6.07) is 6.44. The van der Waals surface area contributed by atoms with Crippen LogP contribution in [-0.2, 0) is 4.79 Å². The third-order valence-corrected chi connectivity index (χ3v) is 6.47. The Balaban J connectivity index is 1.70. The average Bonchev–Trinajstić information content (AvgIpc) is 3.27. The number of likely N-dealkylation sites (tertiary alicyclic amines) is 1. The Bertz CT molecular complexity index is 1270. The summed E-state index contributed by atoms with van der Waals surface area (Å²) in [6.07, 6.45) is 6.78. The Kier molecular flexibility index (Phi) is 8.02. The van der Waals surface area contributed by atoms with Gasteiger partial charge in [-0.2, -0.15) is 0 Å². The van der Waals surface area contributed by atoms with Crippen molar-refractivity contribution in [3.63, 3.8) is 0 Å². The molecule has 8 nitrogen and oxygen atoms in total. The van der Waals surface area contributed by atoms with Crippen molar-refractivity contribution in [1.82, 2.24) is 14.9 Å². The molecule has 3 aromatic rings. The van der Waals surface area contributed by atoms with E-state index >= 15 is 0 Å². The molecular formula is C24H24Cl2FN5O3. The molecule has 1 aromatic heterocycles. The summed E-state index contributed by atoms with van der Waals surface area (Å²) in [6.45, 7) is 0.700. The quantitative estimate of drug-likeness (QED) is 0.291. The van der Waals surface area contributed by atoms with E-state index in [9.17, 15) is 14.3 Å². The zero-order valence-corrected chi connectivity index (χ0v) is 20.4. The molecule has 0 saturated carbocycles. The number of aromatic nitrogens is 2. The van der Waals surface area contributed by atoms with Gasteiger partial charge in [0, 0.05) is 12.1 Å². The first-order valence-electron chi connectivity index (χ1n) is 11.0. The number of nitrogens with one attached hydrogen (secondary N) is 2. The van der Waals surface area contributed by atoms with E-state index in [0.29, 0.717) is 16.6 Å². The highest BCUT2D eigenvalue weighted by molar-refractivity contribution is 6.42. The van der Waals surface area contributed by atoms with Gasteiger partial charge in [-0.05, 0) is 50.7 Å². The fraction of sp³-hybridized carbons (Fsp3) is 0.292. The SMILES string of the molecule is CN1CCC[C@@H]1/C=C/C(=O)Nc1ccc2ncnc(Nc3ccc(Cl)c(Cl)c3F)c2c1OCCO. The largest absolute Gasteiger partial charge is 0.488 e. The minimum Gasteiger partial charge on any atom is -0.488 e. The molecule has 1 fully saturated rings. The van der Waals surface area contributed by atoms with Crippen LogP contribution in [0.5, 0.6) is 5.75 Å². The lowest BCUT2D eigenvalue weighted by atomic mass is 10.1. The predicted octanol–water partition coefficient (Wildman–Crippen LogP) is 4.78. The predicted molar refractivity (Wildman–Crippen MR) is 135 cm³/mol. The van der Waals surface area contributed by atoms with Gasteiger partial charge >= 0.3 is 0 Å². The monoisotopic (exact) mass is 519 g/mol. The molecule has 0 bridgehead atoms. The lowest BCUT2D eigenvalue weighted by Gasteiger charge is -2.17. The number of anilines is 3. The first-order valence-corrected chi connectivity index (χ1v) is 11.8. The molecule has 184 valence electrons. The molecule has 0 aliphatic carbocycles. The first-order chi connectivity index (χ1) is 16.9. The van der Waals surface area contributed by atoms with Crippen molar-refractivity contribution in [3.8, 4) is 5.75 Å². The molecule has 35 heavy (non-hydrogen) atoms. The lowest BCUT2D eigenvalue weighted by molar-refractivity contribution is -0.111. The van der Waals surface area contributed by atoms with Crippen molar-refractivity contribution < 1.29 is 19.0 Å². The summed E-state index contributed by atoms with van der Waals surface area (Å²) in [5.41, 5.74) is 0.885. The third-order valence-electron chi connectivity index (χ3n) is 5.69. The number of aliphatic hydroxyl groups is 1. The maximum atomic E-state index is 14.7. The summed E-state index contributed by atoms with van der Waals surface area (Å²) >= 11 is 11.8. The molecule has 1 saturated heterocycles. The number of halogens is 3. The van der Waals surface area contributed by atoms with E-state index in [0.717, 1.165) is 19.4 Å². The number of amides is 1. The number of aliphatic hydroxyl groups excluding tert-OH is 1. The van der Waals surface area contributed by atoms with Crippen LogP contribution < -0.4 is 15.4 Å². The number of hydrogen-bond donors (Lipinski definition) is 3. The Hall–Kier alpha value is -2.98. The number of nitrogens with zero attached hydrogens (tertiary/aromatic N) is 3. The second-order valence-corrected chi connectivity index (χ2v) is 8.80. The van der Waals surface area contributed by atoms with Gasteiger partial charge < -0.3 is 20.5 Å². The van der Waals surface area contributed by atoms with Gasteiger partial charge in [-0.15, -0.1) is 0 Å². The molecule has 1 aliphatic heterocycles. The van der Waals surface area contributed by atoms with E-state index in [-0.39, 0.29) is 52.5 Å². The summed E-state index contributed by atoms with van der Waals surface area (Å²) in [5, 5.41) is 15.3. The molecule has 3 N–H and O–H groups in total. The van der Waals surface area contributed by atoms with Crippen molar-refractivity contribution in [1.29, 1.82) is 0 Å². The van der Waals surface area contributed by atoms with Crippen LogP contribution in [0, 0.1) is 5.82 Å². The van der Waals surface area contributed by atoms with Gasteiger partial charge in [0.1, 0.15) is 18.8 Å². The number of fused-ring (bicyclic) bond motifs is 1. The van der Waals surface area contributed by atoms with Crippen LogP contribution in [0.25, 0.3) is 10.9 Å². The van der Waals surface area contributed by atoms with Crippen molar-refractivity contribution in [3.05, 3.63) is 58.6 Å². The standard InChI is InChI=1S/C24H24Cl2FN5O3/c1-32-10-2-3-14(32)4-9-19(34)30-18-8-7-16-20(23(18)35-12-11-33)24(29-13-28-16)31-17-6-5-15(25)21(26)22(17)27/h4-9,13-14,33H,2-3,10-12H2,1H3,(H,30,34)(H,28,29,31)/b9-4+/t14-/m1/s1. The number of rotatable bonds is 8. The Morgan fingerprint density at radius 3 is 2.83 bits per heavy atom. The normalized spacial score (nSPS) is 16.2. The second-order valence-electron chi connectivity index (χ2n) is 8.02. The number of benzene rings is 2. The zero-order chi connectivity index (χ0) is 24.9.